The lowest BCUT2D eigenvalue weighted by Crippen LogP contribution is -2.35. The van der Waals surface area contributed by atoms with E-state index in [-0.39, 0.29) is 11.9 Å². The van der Waals surface area contributed by atoms with Crippen LogP contribution in [0.5, 0.6) is 0 Å². The summed E-state index contributed by atoms with van der Waals surface area (Å²) in [7, 11) is 1.74. The number of benzene rings is 1. The Morgan fingerprint density at radius 1 is 1.03 bits per heavy atom. The first-order chi connectivity index (χ1) is 17.0. The number of fused-ring (bicyclic) bond motifs is 2. The van der Waals surface area contributed by atoms with Crippen molar-refractivity contribution in [1.82, 2.24) is 24.7 Å². The third-order valence-electron chi connectivity index (χ3n) is 5.86. The van der Waals surface area contributed by atoms with E-state index in [0.717, 1.165) is 39.1 Å². The van der Waals surface area contributed by atoms with E-state index in [1.807, 2.05) is 72.1 Å². The largest absolute Gasteiger partial charge is 0.309 e. The number of carbonyl (C=O) groups is 1. The van der Waals surface area contributed by atoms with E-state index in [9.17, 15) is 4.79 Å². The fourth-order valence-electron chi connectivity index (χ4n) is 3.90. The van der Waals surface area contributed by atoms with Crippen LogP contribution in [0.15, 0.2) is 73.1 Å². The van der Waals surface area contributed by atoms with Crippen LogP contribution in [0.4, 0.5) is 5.82 Å². The normalized spacial score (nSPS) is 11.7. The average Bonchev–Trinajstić information content (AvgIpc) is 3.22. The van der Waals surface area contributed by atoms with Crippen LogP contribution >= 0.6 is 0 Å². The lowest BCUT2D eigenvalue weighted by Gasteiger charge is -2.12. The number of nitrogens with one attached hydrogen (secondary N) is 2. The van der Waals surface area contributed by atoms with Gasteiger partial charge in [0.05, 0.1) is 22.9 Å². The molecule has 0 spiro atoms. The Kier molecular flexibility index (Phi) is 5.96. The van der Waals surface area contributed by atoms with Gasteiger partial charge < -0.3 is 10.6 Å². The highest BCUT2D eigenvalue weighted by atomic mass is 16.2. The molecule has 5 aromatic rings. The number of hydrogen-bond acceptors (Lipinski definition) is 5. The number of likely N-dealkylation sites (N-methyl/N-ethyl adjacent to an activating group) is 1. The zero-order valence-electron chi connectivity index (χ0n) is 19.7. The molecule has 5 rings (SSSR count). The van der Waals surface area contributed by atoms with Gasteiger partial charge in [-0.3, -0.25) is 14.2 Å². The lowest BCUT2D eigenvalue weighted by molar-refractivity contribution is -0.117. The Hall–Kier alpha value is -4.54. The number of pyridine rings is 3. The van der Waals surface area contributed by atoms with Gasteiger partial charge in [-0.2, -0.15) is 0 Å². The zero-order chi connectivity index (χ0) is 24.4. The minimum absolute atomic E-state index is 0.167. The van der Waals surface area contributed by atoms with Gasteiger partial charge in [-0.25, -0.2) is 9.97 Å². The predicted molar refractivity (Wildman–Crippen MR) is 138 cm³/mol. The van der Waals surface area contributed by atoms with Crippen molar-refractivity contribution in [2.75, 3.05) is 12.4 Å². The third kappa shape index (κ3) is 4.47. The van der Waals surface area contributed by atoms with Crippen LogP contribution in [0.25, 0.3) is 27.8 Å². The molecule has 0 saturated carbocycles. The summed E-state index contributed by atoms with van der Waals surface area (Å²) in [5, 5.41) is 6.83. The number of rotatable bonds is 4. The minimum Gasteiger partial charge on any atom is -0.309 e. The fourth-order valence-corrected chi connectivity index (χ4v) is 3.90. The molecular weight excluding hydrogens is 436 g/mol. The van der Waals surface area contributed by atoms with E-state index >= 15 is 0 Å². The Morgan fingerprint density at radius 3 is 2.77 bits per heavy atom. The van der Waals surface area contributed by atoms with Crippen LogP contribution in [-0.2, 0) is 4.79 Å². The fraction of sp³-hybridized carbons (Fsp3) is 0.143. The summed E-state index contributed by atoms with van der Waals surface area (Å²) in [6.07, 6.45) is 3.75. The van der Waals surface area contributed by atoms with Crippen LogP contribution in [0.2, 0.25) is 0 Å². The quantitative estimate of drug-likeness (QED) is 0.393. The summed E-state index contributed by atoms with van der Waals surface area (Å²) < 4.78 is 2.03. The van der Waals surface area contributed by atoms with Gasteiger partial charge in [0.2, 0.25) is 5.91 Å². The van der Waals surface area contributed by atoms with E-state index in [1.54, 1.807) is 26.2 Å². The molecule has 1 unspecified atom stereocenters. The van der Waals surface area contributed by atoms with E-state index in [0.29, 0.717) is 11.5 Å². The Labute approximate surface area is 203 Å². The van der Waals surface area contributed by atoms with E-state index < -0.39 is 0 Å². The van der Waals surface area contributed by atoms with Crippen LogP contribution in [0.3, 0.4) is 0 Å². The van der Waals surface area contributed by atoms with E-state index in [2.05, 4.69) is 27.5 Å². The topological polar surface area (TPSA) is 84.2 Å². The van der Waals surface area contributed by atoms with Crippen molar-refractivity contribution in [1.29, 1.82) is 0 Å². The van der Waals surface area contributed by atoms with Crippen molar-refractivity contribution < 1.29 is 4.79 Å². The van der Waals surface area contributed by atoms with Crippen LogP contribution in [-0.4, -0.2) is 38.3 Å². The maximum absolute atomic E-state index is 12.4. The number of hydrogen-bond donors (Lipinski definition) is 2. The molecule has 4 aromatic heterocycles. The van der Waals surface area contributed by atoms with Crippen LogP contribution < -0.4 is 10.6 Å². The van der Waals surface area contributed by atoms with Gasteiger partial charge in [0.25, 0.3) is 0 Å². The maximum Gasteiger partial charge on any atom is 0.242 e. The number of amides is 1. The molecule has 4 heterocycles. The summed E-state index contributed by atoms with van der Waals surface area (Å²) in [6.45, 7) is 3.76. The van der Waals surface area contributed by atoms with Gasteiger partial charge in [-0.15, -0.1) is 0 Å². The second-order valence-electron chi connectivity index (χ2n) is 8.23. The maximum atomic E-state index is 12.4. The monoisotopic (exact) mass is 460 g/mol. The van der Waals surface area contributed by atoms with Crippen molar-refractivity contribution in [2.45, 2.75) is 19.9 Å². The number of aryl methyl sites for hydroxylation is 1. The lowest BCUT2D eigenvalue weighted by atomic mass is 10.1. The molecule has 7 heteroatoms. The molecule has 2 N–H and O–H groups in total. The summed E-state index contributed by atoms with van der Waals surface area (Å²) in [5.41, 5.74) is 5.81. The Bertz CT molecular complexity index is 1630. The smallest absolute Gasteiger partial charge is 0.242 e. The Morgan fingerprint density at radius 2 is 1.91 bits per heavy atom. The van der Waals surface area contributed by atoms with Crippen molar-refractivity contribution in [3.8, 4) is 23.1 Å². The molecule has 0 saturated heterocycles. The molecule has 0 bridgehead atoms. The number of carbonyl (C=O) groups excluding carboxylic acids is 1. The van der Waals surface area contributed by atoms with Gasteiger partial charge in [0.1, 0.15) is 17.2 Å². The van der Waals surface area contributed by atoms with Gasteiger partial charge in [-0.05, 0) is 75.3 Å². The first-order valence-electron chi connectivity index (χ1n) is 11.3. The minimum atomic E-state index is -0.349. The zero-order valence-corrected chi connectivity index (χ0v) is 19.7. The first kappa shape index (κ1) is 22.3. The molecule has 35 heavy (non-hydrogen) atoms. The Balaban J connectivity index is 1.62. The molecule has 1 atom stereocenters. The summed E-state index contributed by atoms with van der Waals surface area (Å²) >= 11 is 0. The summed E-state index contributed by atoms with van der Waals surface area (Å²) in [5.74, 6) is 6.76. The molecule has 0 aliphatic carbocycles. The molecule has 0 aliphatic rings. The van der Waals surface area contributed by atoms with Crippen LogP contribution in [0, 0.1) is 18.8 Å². The number of anilines is 1. The van der Waals surface area contributed by atoms with Crippen LogP contribution in [0.1, 0.15) is 23.9 Å². The molecule has 1 amide bonds. The highest BCUT2D eigenvalue weighted by molar-refractivity contribution is 5.94. The highest BCUT2D eigenvalue weighted by Gasteiger charge is 2.17. The summed E-state index contributed by atoms with van der Waals surface area (Å²) in [6, 6.07) is 19.1. The van der Waals surface area contributed by atoms with Crippen molar-refractivity contribution in [3.05, 3.63) is 90.0 Å². The second-order valence-corrected chi connectivity index (χ2v) is 8.23. The van der Waals surface area contributed by atoms with E-state index in [1.165, 1.54) is 0 Å². The number of aromatic nitrogens is 4. The first-order valence-corrected chi connectivity index (χ1v) is 11.3. The molecule has 1 aromatic carbocycles. The third-order valence-corrected chi connectivity index (χ3v) is 5.86. The van der Waals surface area contributed by atoms with Gasteiger partial charge >= 0.3 is 0 Å². The van der Waals surface area contributed by atoms with Gasteiger partial charge in [-0.1, -0.05) is 18.1 Å². The van der Waals surface area contributed by atoms with E-state index in [4.69, 9.17) is 9.97 Å². The molecular formula is C28H24N6O. The molecule has 0 radical (unpaired) electrons. The molecule has 172 valence electrons. The number of nitrogens with zero attached hydrogens (tertiary/aromatic N) is 4. The highest BCUT2D eigenvalue weighted by Crippen LogP contribution is 2.28. The van der Waals surface area contributed by atoms with Gasteiger partial charge in [0, 0.05) is 28.9 Å². The predicted octanol–water partition coefficient (Wildman–Crippen LogP) is 4.20. The van der Waals surface area contributed by atoms with Gasteiger partial charge in [0.15, 0.2) is 0 Å². The summed E-state index contributed by atoms with van der Waals surface area (Å²) in [4.78, 5) is 26.2. The number of imidazole rings is 1. The van der Waals surface area contributed by atoms with Crippen molar-refractivity contribution in [3.63, 3.8) is 0 Å². The standard InChI is InChI=1S/C28H24N6O/c1-18-27(34-16-5-4-8-26(34)31-18)22-11-14-25(33-28(35)19(2)29-3)32-24(22)13-10-20-9-12-23-21(17-20)7-6-15-30-23/h4-9,11-12,14-17,19,29H,1-3H3,(H,32,33,35). The van der Waals surface area contributed by atoms with Crippen molar-refractivity contribution >= 4 is 28.3 Å². The molecule has 0 fully saturated rings. The SMILES string of the molecule is CNC(C)C(=O)Nc1ccc(-c2c(C)nc3ccccn23)c(C#Cc2ccc3ncccc3c2)n1. The molecule has 7 nitrogen and oxygen atoms in total. The van der Waals surface area contributed by atoms with Crippen molar-refractivity contribution in [2.24, 2.45) is 0 Å². The second kappa shape index (κ2) is 9.37. The molecule has 0 aliphatic heterocycles. The average molecular weight is 461 g/mol.